The van der Waals surface area contributed by atoms with Gasteiger partial charge in [-0.2, -0.15) is 0 Å². The number of nitrogens with zero attached hydrogens (tertiary/aromatic N) is 2. The maximum atomic E-state index is 11.0. The minimum absolute atomic E-state index is 0.382. The summed E-state index contributed by atoms with van der Waals surface area (Å²) in [5.41, 5.74) is 2.30. The minimum atomic E-state index is -0.861. The normalized spacial score (nSPS) is 10.8. The van der Waals surface area contributed by atoms with Gasteiger partial charge in [-0.15, -0.1) is 0 Å². The summed E-state index contributed by atoms with van der Waals surface area (Å²) in [5.74, 6) is -0.861. The lowest BCUT2D eigenvalue weighted by atomic mass is 10.1. The van der Waals surface area contributed by atoms with E-state index in [-0.39, 0.29) is 0 Å². The third-order valence-electron chi connectivity index (χ3n) is 3.22. The van der Waals surface area contributed by atoms with Crippen molar-refractivity contribution in [2.75, 3.05) is 38.6 Å². The number of carboxylic acids is 1. The van der Waals surface area contributed by atoms with Gasteiger partial charge in [-0.1, -0.05) is 0 Å². The van der Waals surface area contributed by atoms with E-state index in [0.717, 1.165) is 37.3 Å². The minimum Gasteiger partial charge on any atom is -0.478 e. The van der Waals surface area contributed by atoms with E-state index in [1.165, 1.54) is 0 Å². The fraction of sp³-hybridized carbons (Fsp3) is 0.533. The van der Waals surface area contributed by atoms with Gasteiger partial charge in [-0.05, 0) is 64.7 Å². The third kappa shape index (κ3) is 4.56. The number of aromatic carboxylic acids is 1. The van der Waals surface area contributed by atoms with Crippen LogP contribution in [-0.2, 0) is 0 Å². The highest BCUT2D eigenvalue weighted by Crippen LogP contribution is 2.19. The number of carbonyl (C=O) groups is 1. The fourth-order valence-corrected chi connectivity index (χ4v) is 2.13. The van der Waals surface area contributed by atoms with E-state index in [2.05, 4.69) is 30.8 Å². The molecule has 4 nitrogen and oxygen atoms in total. The van der Waals surface area contributed by atoms with Gasteiger partial charge in [0.1, 0.15) is 0 Å². The van der Waals surface area contributed by atoms with E-state index in [1.807, 2.05) is 19.1 Å². The van der Waals surface area contributed by atoms with Gasteiger partial charge in [0.25, 0.3) is 0 Å². The van der Waals surface area contributed by atoms with Crippen LogP contribution in [0.25, 0.3) is 0 Å². The van der Waals surface area contributed by atoms with Crippen LogP contribution in [0, 0.1) is 6.92 Å². The summed E-state index contributed by atoms with van der Waals surface area (Å²) < 4.78 is 0. The van der Waals surface area contributed by atoms with Crippen LogP contribution in [0.2, 0.25) is 0 Å². The third-order valence-corrected chi connectivity index (χ3v) is 3.22. The maximum absolute atomic E-state index is 11.0. The van der Waals surface area contributed by atoms with Crippen molar-refractivity contribution in [3.05, 3.63) is 29.3 Å². The van der Waals surface area contributed by atoms with Crippen LogP contribution >= 0.6 is 0 Å². The van der Waals surface area contributed by atoms with Gasteiger partial charge in [0.2, 0.25) is 0 Å². The molecule has 0 aromatic heterocycles. The molecule has 0 aliphatic carbocycles. The Bertz CT molecular complexity index is 430. The molecule has 0 aliphatic rings. The predicted molar refractivity (Wildman–Crippen MR) is 79.2 cm³/mol. The zero-order chi connectivity index (χ0) is 14.4. The van der Waals surface area contributed by atoms with E-state index in [1.54, 1.807) is 6.07 Å². The maximum Gasteiger partial charge on any atom is 0.335 e. The zero-order valence-corrected chi connectivity index (χ0v) is 12.3. The molecule has 0 radical (unpaired) electrons. The van der Waals surface area contributed by atoms with Crippen molar-refractivity contribution in [1.82, 2.24) is 4.90 Å². The molecule has 106 valence electrons. The summed E-state index contributed by atoms with van der Waals surface area (Å²) in [6.07, 6.45) is 1.10. The monoisotopic (exact) mass is 264 g/mol. The highest BCUT2D eigenvalue weighted by molar-refractivity contribution is 5.89. The van der Waals surface area contributed by atoms with Gasteiger partial charge in [-0.25, -0.2) is 4.79 Å². The lowest BCUT2D eigenvalue weighted by molar-refractivity contribution is 0.0696. The largest absolute Gasteiger partial charge is 0.478 e. The second-order valence-corrected chi connectivity index (χ2v) is 5.04. The number of hydrogen-bond acceptors (Lipinski definition) is 3. The molecule has 0 amide bonds. The van der Waals surface area contributed by atoms with Crippen LogP contribution in [0.3, 0.4) is 0 Å². The molecule has 1 N–H and O–H groups in total. The Balaban J connectivity index is 2.76. The average molecular weight is 264 g/mol. The molecule has 0 atom stereocenters. The molecule has 19 heavy (non-hydrogen) atoms. The molecule has 4 heteroatoms. The lowest BCUT2D eigenvalue weighted by Crippen LogP contribution is -2.27. The molecule has 0 aliphatic heterocycles. The molecule has 0 spiro atoms. The Kier molecular flexibility index (Phi) is 5.83. The smallest absolute Gasteiger partial charge is 0.335 e. The molecule has 0 bridgehead atoms. The Morgan fingerprint density at radius 3 is 2.42 bits per heavy atom. The summed E-state index contributed by atoms with van der Waals surface area (Å²) in [6, 6.07) is 5.56. The van der Waals surface area contributed by atoms with Crippen LogP contribution < -0.4 is 4.90 Å². The highest BCUT2D eigenvalue weighted by Gasteiger charge is 2.10. The van der Waals surface area contributed by atoms with Gasteiger partial charge in [-0.3, -0.25) is 0 Å². The summed E-state index contributed by atoms with van der Waals surface area (Å²) in [5, 5.41) is 9.04. The second kappa shape index (κ2) is 7.14. The quantitative estimate of drug-likeness (QED) is 0.821. The first-order chi connectivity index (χ1) is 8.95. The molecule has 0 heterocycles. The first-order valence-electron chi connectivity index (χ1n) is 6.69. The van der Waals surface area contributed by atoms with E-state index in [4.69, 9.17) is 5.11 Å². The van der Waals surface area contributed by atoms with E-state index in [9.17, 15) is 4.79 Å². The van der Waals surface area contributed by atoms with Crippen LogP contribution in [-0.4, -0.2) is 49.7 Å². The molecule has 0 unspecified atom stereocenters. The molecular formula is C15H24N2O2. The number of rotatable bonds is 7. The first-order valence-corrected chi connectivity index (χ1v) is 6.69. The number of benzene rings is 1. The molecule has 1 aromatic carbocycles. The van der Waals surface area contributed by atoms with Gasteiger partial charge >= 0.3 is 5.97 Å². The van der Waals surface area contributed by atoms with Crippen molar-refractivity contribution in [2.24, 2.45) is 0 Å². The SMILES string of the molecule is CCN(CCCN(C)C)c1ccc(C(=O)O)c(C)c1. The summed E-state index contributed by atoms with van der Waals surface area (Å²) in [6.45, 7) is 6.94. The highest BCUT2D eigenvalue weighted by atomic mass is 16.4. The number of aryl methyl sites for hydroxylation is 1. The number of anilines is 1. The number of carboxylic acid groups (broad SMARTS) is 1. The molecule has 0 saturated carbocycles. The van der Waals surface area contributed by atoms with Crippen molar-refractivity contribution in [2.45, 2.75) is 20.3 Å². The van der Waals surface area contributed by atoms with E-state index >= 15 is 0 Å². The Hall–Kier alpha value is -1.55. The van der Waals surface area contributed by atoms with Gasteiger partial charge in [0, 0.05) is 18.8 Å². The Labute approximate surface area is 115 Å². The van der Waals surface area contributed by atoms with Gasteiger partial charge < -0.3 is 14.9 Å². The van der Waals surface area contributed by atoms with Crippen molar-refractivity contribution >= 4 is 11.7 Å². The summed E-state index contributed by atoms with van der Waals surface area (Å²) >= 11 is 0. The molecule has 1 aromatic rings. The lowest BCUT2D eigenvalue weighted by Gasteiger charge is -2.24. The fourth-order valence-electron chi connectivity index (χ4n) is 2.13. The van der Waals surface area contributed by atoms with Crippen molar-refractivity contribution < 1.29 is 9.90 Å². The predicted octanol–water partition coefficient (Wildman–Crippen LogP) is 2.47. The van der Waals surface area contributed by atoms with Crippen molar-refractivity contribution in [3.8, 4) is 0 Å². The van der Waals surface area contributed by atoms with E-state index in [0.29, 0.717) is 5.56 Å². The first kappa shape index (κ1) is 15.5. The van der Waals surface area contributed by atoms with Gasteiger partial charge in [0.15, 0.2) is 0 Å². The van der Waals surface area contributed by atoms with Crippen molar-refractivity contribution in [1.29, 1.82) is 0 Å². The Morgan fingerprint density at radius 2 is 1.95 bits per heavy atom. The molecular weight excluding hydrogens is 240 g/mol. The molecule has 1 rings (SSSR count). The molecule has 0 fully saturated rings. The van der Waals surface area contributed by atoms with Crippen LogP contribution in [0.15, 0.2) is 18.2 Å². The van der Waals surface area contributed by atoms with Crippen LogP contribution in [0.4, 0.5) is 5.69 Å². The Morgan fingerprint density at radius 1 is 1.26 bits per heavy atom. The second-order valence-electron chi connectivity index (χ2n) is 5.04. The van der Waals surface area contributed by atoms with E-state index < -0.39 is 5.97 Å². The summed E-state index contributed by atoms with van der Waals surface area (Å²) in [4.78, 5) is 15.5. The van der Waals surface area contributed by atoms with Crippen LogP contribution in [0.5, 0.6) is 0 Å². The van der Waals surface area contributed by atoms with Crippen molar-refractivity contribution in [3.63, 3.8) is 0 Å². The number of hydrogen-bond donors (Lipinski definition) is 1. The van der Waals surface area contributed by atoms with Gasteiger partial charge in [0.05, 0.1) is 5.56 Å². The zero-order valence-electron chi connectivity index (χ0n) is 12.3. The molecule has 0 saturated heterocycles. The standard InChI is InChI=1S/C15H24N2O2/c1-5-17(10-6-9-16(3)4)13-7-8-14(15(18)19)12(2)11-13/h7-8,11H,5-6,9-10H2,1-4H3,(H,18,19). The van der Waals surface area contributed by atoms with Crippen LogP contribution in [0.1, 0.15) is 29.3 Å². The average Bonchev–Trinajstić information content (AvgIpc) is 2.33. The topological polar surface area (TPSA) is 43.8 Å². The summed E-state index contributed by atoms with van der Waals surface area (Å²) in [7, 11) is 4.14.